The van der Waals surface area contributed by atoms with Gasteiger partial charge in [-0.1, -0.05) is 0 Å². The standard InChI is InChI=1S/C23H32N8O2/c1-16-14-17(2)31(28-16)21-15-20(25-22(27-21)19-7-6-18(3)33-19)26-23(32)24-8-5-9-30-12-10-29(4)11-13-30/h6-7,14-15H,5,8-13H2,1-4H3,(H2,24,25,26,27,32). The van der Waals surface area contributed by atoms with E-state index in [1.807, 2.05) is 39.0 Å². The fourth-order valence-corrected chi connectivity index (χ4v) is 3.87. The van der Waals surface area contributed by atoms with Crippen LogP contribution < -0.4 is 10.6 Å². The van der Waals surface area contributed by atoms with Gasteiger partial charge in [-0.05, 0) is 59.0 Å². The molecule has 1 fully saturated rings. The summed E-state index contributed by atoms with van der Waals surface area (Å²) in [6.45, 7) is 11.7. The minimum Gasteiger partial charge on any atom is -0.458 e. The number of aryl methyl sites for hydroxylation is 3. The van der Waals surface area contributed by atoms with Crippen molar-refractivity contribution >= 4 is 11.8 Å². The van der Waals surface area contributed by atoms with Gasteiger partial charge in [-0.3, -0.25) is 5.32 Å². The highest BCUT2D eigenvalue weighted by atomic mass is 16.3. The van der Waals surface area contributed by atoms with Crippen molar-refractivity contribution in [2.45, 2.75) is 27.2 Å². The predicted molar refractivity (Wildman–Crippen MR) is 127 cm³/mol. The molecule has 4 heterocycles. The van der Waals surface area contributed by atoms with Gasteiger partial charge < -0.3 is 19.5 Å². The molecule has 3 aromatic heterocycles. The Morgan fingerprint density at radius 3 is 2.55 bits per heavy atom. The average molecular weight is 453 g/mol. The third kappa shape index (κ3) is 5.96. The number of hydrogen-bond donors (Lipinski definition) is 2. The number of likely N-dealkylation sites (N-methyl/N-ethyl adjacent to an activating group) is 1. The lowest BCUT2D eigenvalue weighted by atomic mass is 10.3. The molecule has 33 heavy (non-hydrogen) atoms. The summed E-state index contributed by atoms with van der Waals surface area (Å²) in [4.78, 5) is 26.4. The highest BCUT2D eigenvalue weighted by Gasteiger charge is 2.16. The molecule has 0 atom stereocenters. The number of aromatic nitrogens is 4. The van der Waals surface area contributed by atoms with Crippen LogP contribution in [0.5, 0.6) is 0 Å². The number of rotatable bonds is 7. The minimum absolute atomic E-state index is 0.298. The van der Waals surface area contributed by atoms with Crippen LogP contribution in [0, 0.1) is 20.8 Å². The second kappa shape index (κ2) is 10.1. The Bertz CT molecular complexity index is 1100. The first-order valence-electron chi connectivity index (χ1n) is 11.3. The molecule has 3 aromatic rings. The van der Waals surface area contributed by atoms with Crippen molar-refractivity contribution in [2.24, 2.45) is 0 Å². The van der Waals surface area contributed by atoms with E-state index in [1.54, 1.807) is 10.7 Å². The van der Waals surface area contributed by atoms with Crippen LogP contribution in [0.3, 0.4) is 0 Å². The van der Waals surface area contributed by atoms with Crippen molar-refractivity contribution in [3.8, 4) is 17.4 Å². The summed E-state index contributed by atoms with van der Waals surface area (Å²) in [5.41, 5.74) is 1.82. The summed E-state index contributed by atoms with van der Waals surface area (Å²) in [6.07, 6.45) is 0.898. The number of nitrogens with zero attached hydrogens (tertiary/aromatic N) is 6. The molecule has 1 aliphatic rings. The van der Waals surface area contributed by atoms with Crippen LogP contribution >= 0.6 is 0 Å². The zero-order valence-corrected chi connectivity index (χ0v) is 19.8. The second-order valence-electron chi connectivity index (χ2n) is 8.56. The van der Waals surface area contributed by atoms with E-state index in [1.165, 1.54) is 0 Å². The molecule has 0 bridgehead atoms. The average Bonchev–Trinajstić information content (AvgIpc) is 3.36. The number of hydrogen-bond acceptors (Lipinski definition) is 7. The van der Waals surface area contributed by atoms with E-state index in [2.05, 4.69) is 42.5 Å². The quantitative estimate of drug-likeness (QED) is 0.531. The summed E-state index contributed by atoms with van der Waals surface area (Å²) >= 11 is 0. The smallest absolute Gasteiger partial charge is 0.320 e. The minimum atomic E-state index is -0.298. The molecule has 176 valence electrons. The van der Waals surface area contributed by atoms with E-state index in [0.717, 1.165) is 56.3 Å². The lowest BCUT2D eigenvalue weighted by Crippen LogP contribution is -2.45. The Morgan fingerprint density at radius 1 is 1.09 bits per heavy atom. The maximum atomic E-state index is 12.5. The highest BCUT2D eigenvalue weighted by molar-refractivity contribution is 5.88. The van der Waals surface area contributed by atoms with Crippen molar-refractivity contribution in [3.05, 3.63) is 41.4 Å². The van der Waals surface area contributed by atoms with Gasteiger partial charge in [0, 0.05) is 44.5 Å². The maximum absolute atomic E-state index is 12.5. The van der Waals surface area contributed by atoms with Gasteiger partial charge >= 0.3 is 6.03 Å². The summed E-state index contributed by atoms with van der Waals surface area (Å²) in [5, 5.41) is 10.3. The Morgan fingerprint density at radius 2 is 1.88 bits per heavy atom. The topological polar surface area (TPSA) is 104 Å². The molecule has 0 unspecified atom stereocenters. The number of amides is 2. The number of nitrogens with one attached hydrogen (secondary N) is 2. The summed E-state index contributed by atoms with van der Waals surface area (Å²) in [7, 11) is 2.15. The first-order chi connectivity index (χ1) is 15.9. The molecule has 1 saturated heterocycles. The van der Waals surface area contributed by atoms with Gasteiger partial charge in [0.1, 0.15) is 11.6 Å². The molecular formula is C23H32N8O2. The van der Waals surface area contributed by atoms with E-state index in [9.17, 15) is 4.79 Å². The monoisotopic (exact) mass is 452 g/mol. The van der Waals surface area contributed by atoms with Crippen molar-refractivity contribution in [3.63, 3.8) is 0 Å². The molecule has 10 heteroatoms. The third-order valence-corrected chi connectivity index (χ3v) is 5.67. The van der Waals surface area contributed by atoms with Crippen LogP contribution in [-0.2, 0) is 0 Å². The van der Waals surface area contributed by atoms with Gasteiger partial charge in [0.2, 0.25) is 0 Å². The van der Waals surface area contributed by atoms with Crippen LogP contribution in [-0.4, -0.2) is 81.9 Å². The van der Waals surface area contributed by atoms with Crippen molar-refractivity contribution in [2.75, 3.05) is 51.6 Å². The van der Waals surface area contributed by atoms with Crippen LogP contribution in [0.1, 0.15) is 23.6 Å². The Hall–Kier alpha value is -3.24. The lowest BCUT2D eigenvalue weighted by molar-refractivity contribution is 0.153. The molecule has 1 aliphatic heterocycles. The zero-order valence-electron chi connectivity index (χ0n) is 19.8. The lowest BCUT2D eigenvalue weighted by Gasteiger charge is -2.32. The molecule has 2 N–H and O–H groups in total. The second-order valence-corrected chi connectivity index (χ2v) is 8.56. The van der Waals surface area contributed by atoms with E-state index in [4.69, 9.17) is 4.42 Å². The number of furan rings is 1. The number of urea groups is 1. The molecule has 0 aliphatic carbocycles. The van der Waals surface area contributed by atoms with Crippen LogP contribution in [0.25, 0.3) is 17.4 Å². The first kappa shape index (κ1) is 22.9. The normalized spacial score (nSPS) is 15.0. The first-order valence-corrected chi connectivity index (χ1v) is 11.3. The highest BCUT2D eigenvalue weighted by Crippen LogP contribution is 2.22. The fourth-order valence-electron chi connectivity index (χ4n) is 3.87. The SMILES string of the molecule is Cc1cc(C)n(-c2cc(NC(=O)NCCCN3CCN(C)CC3)nc(-c3ccc(C)o3)n2)n1. The fraction of sp³-hybridized carbons (Fsp3) is 0.478. The maximum Gasteiger partial charge on any atom is 0.320 e. The summed E-state index contributed by atoms with van der Waals surface area (Å²) < 4.78 is 7.44. The Balaban J connectivity index is 1.42. The predicted octanol–water partition coefficient (Wildman–Crippen LogP) is 2.61. The third-order valence-electron chi connectivity index (χ3n) is 5.67. The molecule has 2 amide bonds. The molecule has 0 spiro atoms. The number of carbonyl (C=O) groups is 1. The zero-order chi connectivity index (χ0) is 23.4. The van der Waals surface area contributed by atoms with E-state index >= 15 is 0 Å². The largest absolute Gasteiger partial charge is 0.458 e. The Labute approximate surface area is 194 Å². The molecular weight excluding hydrogens is 420 g/mol. The van der Waals surface area contributed by atoms with Gasteiger partial charge in [0.25, 0.3) is 0 Å². The molecule has 10 nitrogen and oxygen atoms in total. The Kier molecular flexibility index (Phi) is 7.05. The number of carbonyl (C=O) groups excluding carboxylic acids is 1. The van der Waals surface area contributed by atoms with Crippen LogP contribution in [0.15, 0.2) is 28.7 Å². The summed E-state index contributed by atoms with van der Waals surface area (Å²) in [5.74, 6) is 2.63. The van der Waals surface area contributed by atoms with E-state index in [-0.39, 0.29) is 6.03 Å². The van der Waals surface area contributed by atoms with E-state index < -0.39 is 0 Å². The van der Waals surface area contributed by atoms with Gasteiger partial charge in [0.15, 0.2) is 17.4 Å². The number of piperazine rings is 1. The van der Waals surface area contributed by atoms with Crippen LogP contribution in [0.2, 0.25) is 0 Å². The van der Waals surface area contributed by atoms with Gasteiger partial charge in [-0.15, -0.1) is 0 Å². The van der Waals surface area contributed by atoms with Gasteiger partial charge in [-0.25, -0.2) is 19.4 Å². The van der Waals surface area contributed by atoms with Crippen LogP contribution in [0.4, 0.5) is 10.6 Å². The van der Waals surface area contributed by atoms with Gasteiger partial charge in [-0.2, -0.15) is 5.10 Å². The summed E-state index contributed by atoms with van der Waals surface area (Å²) in [6, 6.07) is 7.06. The van der Waals surface area contributed by atoms with Crippen molar-refractivity contribution < 1.29 is 9.21 Å². The molecule has 0 aromatic carbocycles. The number of anilines is 1. The molecule has 0 radical (unpaired) electrons. The molecule has 4 rings (SSSR count). The van der Waals surface area contributed by atoms with Crippen molar-refractivity contribution in [1.82, 2.24) is 34.9 Å². The molecule has 0 saturated carbocycles. The van der Waals surface area contributed by atoms with Crippen molar-refractivity contribution in [1.29, 1.82) is 0 Å². The van der Waals surface area contributed by atoms with E-state index in [0.29, 0.717) is 29.8 Å². The van der Waals surface area contributed by atoms with Gasteiger partial charge in [0.05, 0.1) is 5.69 Å².